The highest BCUT2D eigenvalue weighted by molar-refractivity contribution is 5.38. The van der Waals surface area contributed by atoms with Gasteiger partial charge < -0.3 is 9.47 Å². The van der Waals surface area contributed by atoms with Crippen LogP contribution in [0.4, 0.5) is 0 Å². The van der Waals surface area contributed by atoms with Crippen molar-refractivity contribution >= 4 is 0 Å². The summed E-state index contributed by atoms with van der Waals surface area (Å²) in [5.74, 6) is 6.80. The van der Waals surface area contributed by atoms with Gasteiger partial charge in [0.25, 0.3) is 0 Å². The third-order valence-electron chi connectivity index (χ3n) is 4.84. The molecule has 0 radical (unpaired) electrons. The van der Waals surface area contributed by atoms with E-state index in [0.29, 0.717) is 0 Å². The quantitative estimate of drug-likeness (QED) is 0.497. The van der Waals surface area contributed by atoms with Crippen LogP contribution in [0.25, 0.3) is 0 Å². The Bertz CT molecular complexity index is 454. The molecule has 1 unspecified atom stereocenters. The molecular formula is C17H28N2O2. The van der Waals surface area contributed by atoms with Crippen LogP contribution in [0.15, 0.2) is 18.2 Å². The van der Waals surface area contributed by atoms with E-state index in [1.54, 1.807) is 7.11 Å². The average Bonchev–Trinajstić information content (AvgIpc) is 2.76. The van der Waals surface area contributed by atoms with E-state index in [1.165, 1.54) is 36.8 Å². The Morgan fingerprint density at radius 2 is 1.81 bits per heavy atom. The Morgan fingerprint density at radius 1 is 1.14 bits per heavy atom. The third-order valence-corrected chi connectivity index (χ3v) is 4.84. The van der Waals surface area contributed by atoms with Crippen LogP contribution in [0.1, 0.15) is 55.7 Å². The first-order valence-corrected chi connectivity index (χ1v) is 7.82. The Morgan fingerprint density at radius 3 is 2.29 bits per heavy atom. The zero-order valence-electron chi connectivity index (χ0n) is 13.4. The summed E-state index contributed by atoms with van der Waals surface area (Å²) in [4.78, 5) is 0. The molecule has 1 aromatic rings. The topological polar surface area (TPSA) is 56.5 Å². The van der Waals surface area contributed by atoms with Gasteiger partial charge in [-0.15, -0.1) is 0 Å². The lowest BCUT2D eigenvalue weighted by molar-refractivity contribution is -0.0542. The number of hydrogen-bond acceptors (Lipinski definition) is 4. The number of hydrogen-bond donors (Lipinski definition) is 2. The SMILES string of the molecule is COc1ccc(C(NN)C2(OC)CCCCCC2)c(C)c1. The van der Waals surface area contributed by atoms with E-state index >= 15 is 0 Å². The van der Waals surface area contributed by atoms with Gasteiger partial charge in [0.05, 0.1) is 18.8 Å². The molecule has 4 nitrogen and oxygen atoms in total. The van der Waals surface area contributed by atoms with Gasteiger partial charge >= 0.3 is 0 Å². The molecule has 1 fully saturated rings. The number of nitrogens with one attached hydrogen (secondary N) is 1. The normalized spacial score (nSPS) is 19.8. The number of hydrazine groups is 1. The van der Waals surface area contributed by atoms with E-state index in [0.717, 1.165) is 18.6 Å². The van der Waals surface area contributed by atoms with E-state index in [-0.39, 0.29) is 11.6 Å². The first kappa shape index (κ1) is 16.3. The second kappa shape index (κ2) is 7.25. The number of aryl methyl sites for hydroxylation is 1. The van der Waals surface area contributed by atoms with Gasteiger partial charge in [0.1, 0.15) is 5.75 Å². The molecular weight excluding hydrogens is 264 g/mol. The summed E-state index contributed by atoms with van der Waals surface area (Å²) in [6.45, 7) is 2.10. The fourth-order valence-electron chi connectivity index (χ4n) is 3.56. The number of nitrogens with two attached hydrogens (primary N) is 1. The summed E-state index contributed by atoms with van der Waals surface area (Å²) in [7, 11) is 3.50. The van der Waals surface area contributed by atoms with Gasteiger partial charge in [-0.25, -0.2) is 0 Å². The molecule has 1 aliphatic carbocycles. The van der Waals surface area contributed by atoms with Crippen LogP contribution in [-0.2, 0) is 4.74 Å². The highest BCUT2D eigenvalue weighted by Gasteiger charge is 2.40. The molecule has 0 heterocycles. The standard InChI is InChI=1S/C17H28N2O2/c1-13-12-14(20-2)8-9-15(13)16(19-18)17(21-3)10-6-4-5-7-11-17/h8-9,12,16,19H,4-7,10-11,18H2,1-3H3. The Balaban J connectivity index is 2.36. The molecule has 0 aliphatic heterocycles. The Kier molecular flexibility index (Phi) is 5.62. The molecule has 0 aromatic heterocycles. The van der Waals surface area contributed by atoms with Gasteiger partial charge in [0.2, 0.25) is 0 Å². The summed E-state index contributed by atoms with van der Waals surface area (Å²) >= 11 is 0. The molecule has 1 aliphatic rings. The number of ether oxygens (including phenoxy) is 2. The van der Waals surface area contributed by atoms with Crippen LogP contribution >= 0.6 is 0 Å². The predicted octanol–water partition coefficient (Wildman–Crippen LogP) is 3.25. The first-order valence-electron chi connectivity index (χ1n) is 7.82. The van der Waals surface area contributed by atoms with Crippen molar-refractivity contribution in [1.29, 1.82) is 0 Å². The average molecular weight is 292 g/mol. The molecule has 118 valence electrons. The minimum Gasteiger partial charge on any atom is -0.497 e. The predicted molar refractivity (Wildman–Crippen MR) is 85.2 cm³/mol. The first-order chi connectivity index (χ1) is 10.2. The summed E-state index contributed by atoms with van der Waals surface area (Å²) in [5, 5.41) is 0. The molecule has 2 rings (SSSR count). The molecule has 0 saturated heterocycles. The van der Waals surface area contributed by atoms with Gasteiger partial charge in [0, 0.05) is 7.11 Å². The van der Waals surface area contributed by atoms with Crippen molar-refractivity contribution in [3.8, 4) is 5.75 Å². The van der Waals surface area contributed by atoms with Crippen molar-refractivity contribution in [2.45, 2.75) is 57.1 Å². The van der Waals surface area contributed by atoms with Crippen molar-refractivity contribution in [3.63, 3.8) is 0 Å². The fraction of sp³-hybridized carbons (Fsp3) is 0.647. The number of methoxy groups -OCH3 is 2. The summed E-state index contributed by atoms with van der Waals surface area (Å²) in [6, 6.07) is 6.16. The van der Waals surface area contributed by atoms with Crippen molar-refractivity contribution < 1.29 is 9.47 Å². The van der Waals surface area contributed by atoms with E-state index < -0.39 is 0 Å². The zero-order chi connectivity index (χ0) is 15.3. The highest BCUT2D eigenvalue weighted by atomic mass is 16.5. The van der Waals surface area contributed by atoms with Crippen LogP contribution < -0.4 is 16.0 Å². The van der Waals surface area contributed by atoms with Gasteiger partial charge in [-0.2, -0.15) is 0 Å². The maximum atomic E-state index is 6.00. The number of rotatable bonds is 5. The molecule has 21 heavy (non-hydrogen) atoms. The molecule has 0 amide bonds. The largest absolute Gasteiger partial charge is 0.497 e. The van der Waals surface area contributed by atoms with Crippen LogP contribution in [0.2, 0.25) is 0 Å². The van der Waals surface area contributed by atoms with Crippen LogP contribution in [0, 0.1) is 6.92 Å². The van der Waals surface area contributed by atoms with Crippen LogP contribution in [0.5, 0.6) is 5.75 Å². The van der Waals surface area contributed by atoms with Crippen LogP contribution in [-0.4, -0.2) is 19.8 Å². The van der Waals surface area contributed by atoms with E-state index in [1.807, 2.05) is 13.2 Å². The summed E-state index contributed by atoms with van der Waals surface area (Å²) in [5.41, 5.74) is 5.18. The zero-order valence-corrected chi connectivity index (χ0v) is 13.4. The van der Waals surface area contributed by atoms with Crippen molar-refractivity contribution in [1.82, 2.24) is 5.43 Å². The lowest BCUT2D eigenvalue weighted by Gasteiger charge is -2.39. The molecule has 1 saturated carbocycles. The Hall–Kier alpha value is -1.10. The van der Waals surface area contributed by atoms with Crippen LogP contribution in [0.3, 0.4) is 0 Å². The van der Waals surface area contributed by atoms with Gasteiger partial charge in [-0.05, 0) is 43.0 Å². The van der Waals surface area contributed by atoms with E-state index in [2.05, 4.69) is 24.5 Å². The lowest BCUT2D eigenvalue weighted by Crippen LogP contribution is -2.48. The smallest absolute Gasteiger partial charge is 0.119 e. The van der Waals surface area contributed by atoms with Gasteiger partial charge in [0.15, 0.2) is 0 Å². The minimum atomic E-state index is -0.218. The molecule has 1 aromatic carbocycles. The summed E-state index contributed by atoms with van der Waals surface area (Å²) in [6.07, 6.45) is 7.05. The monoisotopic (exact) mass is 292 g/mol. The molecule has 3 N–H and O–H groups in total. The maximum Gasteiger partial charge on any atom is 0.119 e. The van der Waals surface area contributed by atoms with E-state index in [4.69, 9.17) is 15.3 Å². The maximum absolute atomic E-state index is 6.00. The van der Waals surface area contributed by atoms with Crippen molar-refractivity contribution in [2.75, 3.05) is 14.2 Å². The van der Waals surface area contributed by atoms with Crippen molar-refractivity contribution in [3.05, 3.63) is 29.3 Å². The molecule has 0 bridgehead atoms. The van der Waals surface area contributed by atoms with E-state index in [9.17, 15) is 0 Å². The Labute approximate surface area is 128 Å². The second-order valence-electron chi connectivity index (χ2n) is 6.01. The summed E-state index contributed by atoms with van der Waals surface area (Å²) < 4.78 is 11.3. The van der Waals surface area contributed by atoms with Gasteiger partial charge in [-0.3, -0.25) is 11.3 Å². The highest BCUT2D eigenvalue weighted by Crippen LogP contribution is 2.41. The van der Waals surface area contributed by atoms with Crippen molar-refractivity contribution in [2.24, 2.45) is 5.84 Å². The fourth-order valence-corrected chi connectivity index (χ4v) is 3.56. The third kappa shape index (κ3) is 3.39. The molecule has 0 spiro atoms. The molecule has 1 atom stereocenters. The minimum absolute atomic E-state index is 0.00602. The lowest BCUT2D eigenvalue weighted by atomic mass is 9.81. The second-order valence-corrected chi connectivity index (χ2v) is 6.01. The molecule has 4 heteroatoms. The van der Waals surface area contributed by atoms with Gasteiger partial charge in [-0.1, -0.05) is 31.7 Å². The number of benzene rings is 1.